The molecule has 1 aromatic heterocycles. The number of carbonyl (C=O) groups is 1. The Hall–Kier alpha value is -2.03. The van der Waals surface area contributed by atoms with Gasteiger partial charge in [0.1, 0.15) is 16.1 Å². The van der Waals surface area contributed by atoms with Crippen LogP contribution in [0.4, 0.5) is 13.2 Å². The summed E-state index contributed by atoms with van der Waals surface area (Å²) in [6.45, 7) is 5.52. The lowest BCUT2D eigenvalue weighted by Crippen LogP contribution is -2.38. The van der Waals surface area contributed by atoms with Crippen LogP contribution in [0.3, 0.4) is 0 Å². The summed E-state index contributed by atoms with van der Waals surface area (Å²) in [7, 11) is 0. The Morgan fingerprint density at radius 1 is 1.36 bits per heavy atom. The zero-order valence-electron chi connectivity index (χ0n) is 16.0. The van der Waals surface area contributed by atoms with E-state index in [0.29, 0.717) is 22.1 Å². The molecule has 2 N–H and O–H groups in total. The summed E-state index contributed by atoms with van der Waals surface area (Å²) in [5.74, 6) is 0.243. The average molecular weight is 415 g/mol. The van der Waals surface area contributed by atoms with Crippen molar-refractivity contribution in [2.45, 2.75) is 64.3 Å². The lowest BCUT2D eigenvalue weighted by Gasteiger charge is -2.22. The minimum Gasteiger partial charge on any atom is -0.460 e. The van der Waals surface area contributed by atoms with E-state index in [1.54, 1.807) is 6.20 Å². The van der Waals surface area contributed by atoms with Gasteiger partial charge in [0.25, 0.3) is 0 Å². The monoisotopic (exact) mass is 415 g/mol. The predicted molar refractivity (Wildman–Crippen MR) is 101 cm³/mol. The zero-order valence-corrected chi connectivity index (χ0v) is 16.8. The van der Waals surface area contributed by atoms with Gasteiger partial charge >= 0.3 is 12.1 Å². The number of ether oxygens (including phenoxy) is 1. The number of hydrogen-bond acceptors (Lipinski definition) is 6. The van der Waals surface area contributed by atoms with Crippen LogP contribution >= 0.6 is 11.3 Å². The molecule has 5 nitrogen and oxygen atoms in total. The van der Waals surface area contributed by atoms with Crippen molar-refractivity contribution in [1.29, 1.82) is 0 Å². The van der Waals surface area contributed by atoms with Crippen molar-refractivity contribution >= 4 is 23.1 Å². The van der Waals surface area contributed by atoms with Gasteiger partial charge in [-0.05, 0) is 46.1 Å². The molecule has 3 rings (SSSR count). The molecule has 1 aromatic rings. The van der Waals surface area contributed by atoms with Crippen molar-refractivity contribution in [1.82, 2.24) is 10.6 Å². The molecule has 0 bridgehead atoms. The van der Waals surface area contributed by atoms with Crippen LogP contribution in [0.5, 0.6) is 0 Å². The van der Waals surface area contributed by atoms with Gasteiger partial charge in [-0.1, -0.05) is 0 Å². The SMILES string of the molecule is CC(C)(C)OC(=O)[C@@H]1CCC(NC2=c3cc(CC(F)(F)F)sc3=NC=CN2)C1. The second kappa shape index (κ2) is 7.77. The van der Waals surface area contributed by atoms with Crippen LogP contribution < -0.4 is 20.5 Å². The molecule has 9 heteroatoms. The van der Waals surface area contributed by atoms with Gasteiger partial charge in [-0.3, -0.25) is 4.79 Å². The van der Waals surface area contributed by atoms with E-state index in [1.165, 1.54) is 12.3 Å². The number of fused-ring (bicyclic) bond motifs is 1. The third-order valence-electron chi connectivity index (χ3n) is 4.42. The van der Waals surface area contributed by atoms with Gasteiger partial charge in [-0.25, -0.2) is 4.99 Å². The Bertz CT molecular complexity index is 884. The summed E-state index contributed by atoms with van der Waals surface area (Å²) in [6, 6.07) is 1.56. The highest BCUT2D eigenvalue weighted by Gasteiger charge is 2.33. The minimum absolute atomic E-state index is 0.0327. The molecule has 28 heavy (non-hydrogen) atoms. The molecule has 1 saturated carbocycles. The number of rotatable bonds is 4. The van der Waals surface area contributed by atoms with E-state index in [-0.39, 0.29) is 22.8 Å². The summed E-state index contributed by atoms with van der Waals surface area (Å²) < 4.78 is 44.2. The molecule has 1 unspecified atom stereocenters. The largest absolute Gasteiger partial charge is 0.460 e. The molecule has 1 fully saturated rings. The van der Waals surface area contributed by atoms with Gasteiger partial charge in [0.05, 0.1) is 17.6 Å². The smallest absolute Gasteiger partial charge is 0.393 e. The summed E-state index contributed by atoms with van der Waals surface area (Å²) >= 11 is 1.04. The van der Waals surface area contributed by atoms with Crippen LogP contribution in [0.15, 0.2) is 23.5 Å². The van der Waals surface area contributed by atoms with Crippen molar-refractivity contribution in [3.63, 3.8) is 0 Å². The lowest BCUT2D eigenvalue weighted by molar-refractivity contribution is -0.159. The van der Waals surface area contributed by atoms with Crippen LogP contribution in [-0.2, 0) is 16.0 Å². The number of alkyl halides is 3. The maximum atomic E-state index is 12.7. The first kappa shape index (κ1) is 20.7. The lowest BCUT2D eigenvalue weighted by atomic mass is 10.1. The summed E-state index contributed by atoms with van der Waals surface area (Å²) in [5.41, 5.74) is -0.521. The molecule has 2 atom stereocenters. The Kier molecular flexibility index (Phi) is 5.74. The highest BCUT2D eigenvalue weighted by atomic mass is 32.1. The molecule has 1 aliphatic carbocycles. The van der Waals surface area contributed by atoms with E-state index in [2.05, 4.69) is 15.6 Å². The van der Waals surface area contributed by atoms with Crippen molar-refractivity contribution in [3.05, 3.63) is 33.2 Å². The quantitative estimate of drug-likeness (QED) is 0.743. The van der Waals surface area contributed by atoms with Gasteiger partial charge in [-0.15, -0.1) is 11.3 Å². The third kappa shape index (κ3) is 5.50. The van der Waals surface area contributed by atoms with Gasteiger partial charge in [0.2, 0.25) is 0 Å². The second-order valence-electron chi connectivity index (χ2n) is 8.07. The van der Waals surface area contributed by atoms with E-state index in [4.69, 9.17) is 4.74 Å². The molecule has 0 amide bonds. The van der Waals surface area contributed by atoms with E-state index in [9.17, 15) is 18.0 Å². The number of nitrogens with zero attached hydrogens (tertiary/aromatic N) is 1. The van der Waals surface area contributed by atoms with Crippen LogP contribution in [-0.4, -0.2) is 23.8 Å². The van der Waals surface area contributed by atoms with Crippen LogP contribution in [0, 0.1) is 5.92 Å². The average Bonchev–Trinajstić information content (AvgIpc) is 3.10. The second-order valence-corrected chi connectivity index (χ2v) is 9.19. The van der Waals surface area contributed by atoms with Crippen LogP contribution in [0.25, 0.3) is 5.82 Å². The number of esters is 1. The fourth-order valence-corrected chi connectivity index (χ4v) is 4.38. The number of nitrogens with one attached hydrogen (secondary N) is 2. The number of thiophene rings is 1. The van der Waals surface area contributed by atoms with Gasteiger partial charge in [-0.2, -0.15) is 13.2 Å². The zero-order chi connectivity index (χ0) is 20.5. The summed E-state index contributed by atoms with van der Waals surface area (Å²) in [5, 5.41) is 7.03. The van der Waals surface area contributed by atoms with E-state index < -0.39 is 18.2 Å². The van der Waals surface area contributed by atoms with Crippen molar-refractivity contribution in [3.8, 4) is 0 Å². The molecule has 0 radical (unpaired) electrons. The molecule has 2 aliphatic rings. The molecule has 0 spiro atoms. The number of hydrogen-bond donors (Lipinski definition) is 2. The summed E-state index contributed by atoms with van der Waals surface area (Å²) in [6.07, 6.45) is 0.0582. The Morgan fingerprint density at radius 2 is 2.11 bits per heavy atom. The van der Waals surface area contributed by atoms with E-state index in [1.807, 2.05) is 20.8 Å². The first-order valence-corrected chi connectivity index (χ1v) is 10.0. The van der Waals surface area contributed by atoms with E-state index in [0.717, 1.165) is 24.2 Å². The topological polar surface area (TPSA) is 62.7 Å². The first-order valence-electron chi connectivity index (χ1n) is 9.19. The molecular formula is C19H24F3N3O2S. The highest BCUT2D eigenvalue weighted by molar-refractivity contribution is 7.09. The molecule has 2 heterocycles. The molecule has 0 saturated heterocycles. The number of carbonyl (C=O) groups excluding carboxylic acids is 1. The van der Waals surface area contributed by atoms with Crippen molar-refractivity contribution in [2.24, 2.45) is 10.9 Å². The standard InChI is InChI=1S/C19H24F3N3O2S/c1-18(2,3)27-17(26)11-4-5-12(8-11)25-15-14-9-13(10-19(20,21)22)28-16(14)24-7-6-23-15/h6-7,9,11-12,23,25H,4-5,8,10H2,1-3H3/t11-,12?/m1/s1. The van der Waals surface area contributed by atoms with Crippen molar-refractivity contribution in [2.75, 3.05) is 0 Å². The Balaban J connectivity index is 1.75. The molecule has 154 valence electrons. The van der Waals surface area contributed by atoms with Crippen LogP contribution in [0.2, 0.25) is 0 Å². The summed E-state index contributed by atoms with van der Waals surface area (Å²) in [4.78, 5) is 16.7. The molecular weight excluding hydrogens is 391 g/mol. The third-order valence-corrected chi connectivity index (χ3v) is 5.47. The first-order chi connectivity index (χ1) is 13.0. The highest BCUT2D eigenvalue weighted by Crippen LogP contribution is 2.29. The van der Waals surface area contributed by atoms with Gasteiger partial charge in [0, 0.05) is 23.3 Å². The minimum atomic E-state index is -4.26. The molecule has 1 aliphatic heterocycles. The van der Waals surface area contributed by atoms with Gasteiger partial charge in [0.15, 0.2) is 0 Å². The maximum absolute atomic E-state index is 12.7. The van der Waals surface area contributed by atoms with E-state index >= 15 is 0 Å². The Morgan fingerprint density at radius 3 is 2.79 bits per heavy atom. The maximum Gasteiger partial charge on any atom is 0.393 e. The predicted octanol–water partition coefficient (Wildman–Crippen LogP) is 2.71. The number of halogens is 3. The normalized spacial score (nSPS) is 22.1. The Labute approximate surface area is 165 Å². The van der Waals surface area contributed by atoms with Gasteiger partial charge < -0.3 is 15.4 Å². The van der Waals surface area contributed by atoms with Crippen LogP contribution in [0.1, 0.15) is 44.9 Å². The van der Waals surface area contributed by atoms with Crippen molar-refractivity contribution < 1.29 is 22.7 Å². The fourth-order valence-electron chi connectivity index (χ4n) is 3.33. The molecule has 0 aromatic carbocycles. The fraction of sp³-hybridized carbons (Fsp3) is 0.579.